The molecule has 7 heteroatoms. The van der Waals surface area contributed by atoms with Gasteiger partial charge >= 0.3 is 0 Å². The molecule has 98 valence electrons. The zero-order chi connectivity index (χ0) is 13.1. The SMILES string of the molecule is NC(=O)C1CCC(Nc2nc(N)ncc2N)CC1. The van der Waals surface area contributed by atoms with E-state index in [2.05, 4.69) is 15.3 Å². The van der Waals surface area contributed by atoms with Gasteiger partial charge in [0.15, 0.2) is 5.82 Å². The molecule has 1 heterocycles. The van der Waals surface area contributed by atoms with Crippen LogP contribution in [0.1, 0.15) is 25.7 Å². The quantitative estimate of drug-likeness (QED) is 0.601. The van der Waals surface area contributed by atoms with Gasteiger partial charge in [0.2, 0.25) is 11.9 Å². The molecule has 0 aliphatic heterocycles. The van der Waals surface area contributed by atoms with Crippen LogP contribution in [0.3, 0.4) is 0 Å². The molecular weight excluding hydrogens is 232 g/mol. The highest BCUT2D eigenvalue weighted by atomic mass is 16.1. The maximum Gasteiger partial charge on any atom is 0.222 e. The predicted molar refractivity (Wildman–Crippen MR) is 69.4 cm³/mol. The van der Waals surface area contributed by atoms with E-state index in [0.29, 0.717) is 11.5 Å². The molecule has 1 saturated carbocycles. The molecular formula is C11H18N6O. The van der Waals surface area contributed by atoms with E-state index in [1.54, 1.807) is 0 Å². The normalized spacial score (nSPS) is 23.6. The van der Waals surface area contributed by atoms with Gasteiger partial charge in [0.05, 0.1) is 11.9 Å². The van der Waals surface area contributed by atoms with Crippen LogP contribution >= 0.6 is 0 Å². The molecule has 1 amide bonds. The van der Waals surface area contributed by atoms with Gasteiger partial charge in [0.1, 0.15) is 0 Å². The number of nitrogens with zero attached hydrogens (tertiary/aromatic N) is 2. The number of carbonyl (C=O) groups is 1. The van der Waals surface area contributed by atoms with Crippen LogP contribution < -0.4 is 22.5 Å². The average molecular weight is 250 g/mol. The Morgan fingerprint density at radius 1 is 1.28 bits per heavy atom. The van der Waals surface area contributed by atoms with Gasteiger partial charge < -0.3 is 22.5 Å². The van der Waals surface area contributed by atoms with Gasteiger partial charge in [-0.15, -0.1) is 0 Å². The number of rotatable bonds is 3. The minimum absolute atomic E-state index is 0.00383. The van der Waals surface area contributed by atoms with Gasteiger partial charge in [-0.25, -0.2) is 4.98 Å². The topological polar surface area (TPSA) is 133 Å². The number of carbonyl (C=O) groups excluding carboxylic acids is 1. The summed E-state index contributed by atoms with van der Waals surface area (Å²) in [5.41, 5.74) is 17.0. The van der Waals surface area contributed by atoms with Crippen molar-refractivity contribution < 1.29 is 4.79 Å². The number of anilines is 3. The lowest BCUT2D eigenvalue weighted by Crippen LogP contribution is -2.32. The molecule has 1 aliphatic rings. The molecule has 0 saturated heterocycles. The van der Waals surface area contributed by atoms with Gasteiger partial charge in [-0.05, 0) is 25.7 Å². The highest BCUT2D eigenvalue weighted by molar-refractivity contribution is 5.76. The van der Waals surface area contributed by atoms with E-state index in [-0.39, 0.29) is 23.8 Å². The first kappa shape index (κ1) is 12.4. The third-order valence-electron chi connectivity index (χ3n) is 3.31. The zero-order valence-electron chi connectivity index (χ0n) is 10.1. The van der Waals surface area contributed by atoms with E-state index in [0.717, 1.165) is 25.7 Å². The molecule has 0 aromatic carbocycles. The van der Waals surface area contributed by atoms with Gasteiger partial charge in [-0.1, -0.05) is 0 Å². The summed E-state index contributed by atoms with van der Waals surface area (Å²) in [5, 5.41) is 3.24. The summed E-state index contributed by atoms with van der Waals surface area (Å²) in [6.45, 7) is 0. The van der Waals surface area contributed by atoms with E-state index in [1.165, 1.54) is 6.20 Å². The van der Waals surface area contributed by atoms with Crippen LogP contribution in [0.5, 0.6) is 0 Å². The van der Waals surface area contributed by atoms with E-state index < -0.39 is 0 Å². The summed E-state index contributed by atoms with van der Waals surface area (Å²) in [7, 11) is 0. The Bertz CT molecular complexity index is 441. The first-order valence-electron chi connectivity index (χ1n) is 6.00. The van der Waals surface area contributed by atoms with Crippen molar-refractivity contribution in [2.45, 2.75) is 31.7 Å². The number of amides is 1. The lowest BCUT2D eigenvalue weighted by Gasteiger charge is -2.28. The second-order valence-corrected chi connectivity index (χ2v) is 4.63. The fraction of sp³-hybridized carbons (Fsp3) is 0.545. The van der Waals surface area contributed by atoms with Crippen molar-refractivity contribution >= 4 is 23.4 Å². The summed E-state index contributed by atoms with van der Waals surface area (Å²) in [4.78, 5) is 18.9. The smallest absolute Gasteiger partial charge is 0.222 e. The molecule has 0 unspecified atom stereocenters. The molecule has 0 atom stereocenters. The average Bonchev–Trinajstić information content (AvgIpc) is 2.34. The number of hydrogen-bond donors (Lipinski definition) is 4. The van der Waals surface area contributed by atoms with Crippen LogP contribution in [0.2, 0.25) is 0 Å². The number of aromatic nitrogens is 2. The molecule has 1 aromatic rings. The Balaban J connectivity index is 1.95. The van der Waals surface area contributed by atoms with Crippen molar-refractivity contribution in [1.82, 2.24) is 9.97 Å². The Morgan fingerprint density at radius 2 is 1.94 bits per heavy atom. The van der Waals surface area contributed by atoms with Gasteiger partial charge in [-0.3, -0.25) is 4.79 Å². The van der Waals surface area contributed by atoms with Crippen LogP contribution in [0, 0.1) is 5.92 Å². The molecule has 18 heavy (non-hydrogen) atoms. The maximum atomic E-state index is 11.1. The van der Waals surface area contributed by atoms with Gasteiger partial charge in [0.25, 0.3) is 0 Å². The van der Waals surface area contributed by atoms with Crippen LogP contribution in [0.4, 0.5) is 17.5 Å². The first-order chi connectivity index (χ1) is 8.56. The van der Waals surface area contributed by atoms with Crippen molar-refractivity contribution in [1.29, 1.82) is 0 Å². The highest BCUT2D eigenvalue weighted by Gasteiger charge is 2.25. The Kier molecular flexibility index (Phi) is 3.50. The Morgan fingerprint density at radius 3 is 2.56 bits per heavy atom. The number of nitrogen functional groups attached to an aromatic ring is 2. The van der Waals surface area contributed by atoms with Crippen molar-refractivity contribution in [3.05, 3.63) is 6.20 Å². The van der Waals surface area contributed by atoms with E-state index in [9.17, 15) is 4.79 Å². The van der Waals surface area contributed by atoms with Crippen molar-refractivity contribution in [3.8, 4) is 0 Å². The van der Waals surface area contributed by atoms with Crippen molar-refractivity contribution in [2.75, 3.05) is 16.8 Å². The zero-order valence-corrected chi connectivity index (χ0v) is 10.1. The lowest BCUT2D eigenvalue weighted by atomic mass is 9.85. The Hall–Kier alpha value is -2.05. The van der Waals surface area contributed by atoms with Gasteiger partial charge in [0, 0.05) is 12.0 Å². The molecule has 0 radical (unpaired) electrons. The van der Waals surface area contributed by atoms with E-state index in [1.807, 2.05) is 0 Å². The molecule has 0 bridgehead atoms. The summed E-state index contributed by atoms with van der Waals surface area (Å²) in [6.07, 6.45) is 4.83. The molecule has 7 N–H and O–H groups in total. The summed E-state index contributed by atoms with van der Waals surface area (Å²) < 4.78 is 0. The van der Waals surface area contributed by atoms with E-state index >= 15 is 0 Å². The summed E-state index contributed by atoms with van der Waals surface area (Å²) >= 11 is 0. The third-order valence-corrected chi connectivity index (χ3v) is 3.31. The maximum absolute atomic E-state index is 11.1. The van der Waals surface area contributed by atoms with Gasteiger partial charge in [-0.2, -0.15) is 4.98 Å². The molecule has 1 aliphatic carbocycles. The van der Waals surface area contributed by atoms with Crippen LogP contribution in [0.15, 0.2) is 6.20 Å². The van der Waals surface area contributed by atoms with Crippen LogP contribution in [-0.2, 0) is 4.79 Å². The number of hydrogen-bond acceptors (Lipinski definition) is 6. The monoisotopic (exact) mass is 250 g/mol. The molecule has 0 spiro atoms. The van der Waals surface area contributed by atoms with Crippen molar-refractivity contribution in [3.63, 3.8) is 0 Å². The van der Waals surface area contributed by atoms with E-state index in [4.69, 9.17) is 17.2 Å². The fourth-order valence-electron chi connectivity index (χ4n) is 2.24. The number of primary amides is 1. The number of nitrogens with two attached hydrogens (primary N) is 3. The minimum atomic E-state index is -0.209. The van der Waals surface area contributed by atoms with Crippen molar-refractivity contribution in [2.24, 2.45) is 11.7 Å². The predicted octanol–water partition coefficient (Wildman–Crippen LogP) is 0.0970. The Labute approximate surface area is 105 Å². The van der Waals surface area contributed by atoms with Crippen LogP contribution in [-0.4, -0.2) is 21.9 Å². The molecule has 1 fully saturated rings. The summed E-state index contributed by atoms with van der Waals surface area (Å²) in [6, 6.07) is 0.247. The fourth-order valence-corrected chi connectivity index (χ4v) is 2.24. The standard InChI is InChI=1S/C11H18N6O/c12-8-5-15-11(14)17-10(8)16-7-3-1-6(2-4-7)9(13)18/h5-7H,1-4,12H2,(H2,13,18)(H3,14,15,16,17). The first-order valence-corrected chi connectivity index (χ1v) is 6.00. The molecule has 2 rings (SSSR count). The lowest BCUT2D eigenvalue weighted by molar-refractivity contribution is -0.122. The molecule has 7 nitrogen and oxygen atoms in total. The second kappa shape index (κ2) is 5.07. The largest absolute Gasteiger partial charge is 0.394 e. The van der Waals surface area contributed by atoms with Crippen LogP contribution in [0.25, 0.3) is 0 Å². The summed E-state index contributed by atoms with van der Waals surface area (Å²) in [5.74, 6) is 0.539. The minimum Gasteiger partial charge on any atom is -0.394 e. The molecule has 1 aromatic heterocycles. The third kappa shape index (κ3) is 2.79. The highest BCUT2D eigenvalue weighted by Crippen LogP contribution is 2.27. The second-order valence-electron chi connectivity index (χ2n) is 4.63. The number of nitrogens with one attached hydrogen (secondary N) is 1.